The van der Waals surface area contributed by atoms with Gasteiger partial charge in [0.1, 0.15) is 0 Å². The average molecular weight is 341 g/mol. The van der Waals surface area contributed by atoms with Crippen LogP contribution in [0.4, 0.5) is 0 Å². The number of hydrogen-bond acceptors (Lipinski definition) is 3. The van der Waals surface area contributed by atoms with Crippen molar-refractivity contribution in [2.24, 2.45) is 0 Å². The third-order valence-electron chi connectivity index (χ3n) is 3.22. The van der Waals surface area contributed by atoms with Gasteiger partial charge in [0.05, 0.1) is 0 Å². The van der Waals surface area contributed by atoms with Gasteiger partial charge < -0.3 is 9.80 Å². The molecule has 0 saturated heterocycles. The molecule has 0 aromatic heterocycles. The smallest absolute Gasteiger partial charge is 0.164 e. The number of ketones is 1. The minimum absolute atomic E-state index is 0.225. The second-order valence-electron chi connectivity index (χ2n) is 5.32. The van der Waals surface area contributed by atoms with E-state index in [1.165, 1.54) is 0 Å². The van der Waals surface area contributed by atoms with E-state index in [0.717, 1.165) is 42.6 Å². The third-order valence-corrected chi connectivity index (χ3v) is 3.75. The molecule has 0 aliphatic heterocycles. The zero-order valence-electron chi connectivity index (χ0n) is 12.7. The zero-order valence-corrected chi connectivity index (χ0v) is 14.3. The molecule has 1 aromatic rings. The Morgan fingerprint density at radius 2 is 1.70 bits per heavy atom. The van der Waals surface area contributed by atoms with Crippen LogP contribution in [0.1, 0.15) is 30.1 Å². The van der Waals surface area contributed by atoms with Crippen molar-refractivity contribution in [2.75, 3.05) is 40.3 Å². The summed E-state index contributed by atoms with van der Waals surface area (Å²) < 4.78 is 1.01. The van der Waals surface area contributed by atoms with Crippen molar-refractivity contribution in [1.29, 1.82) is 0 Å². The molecule has 0 aliphatic rings. The van der Waals surface area contributed by atoms with Gasteiger partial charge in [0.15, 0.2) is 5.78 Å². The number of carbonyl (C=O) groups is 1. The second kappa shape index (κ2) is 9.27. The highest BCUT2D eigenvalue weighted by atomic mass is 79.9. The van der Waals surface area contributed by atoms with E-state index >= 15 is 0 Å². The number of carbonyl (C=O) groups excluding carboxylic acids is 1. The molecule has 0 aliphatic carbocycles. The van der Waals surface area contributed by atoms with E-state index in [4.69, 9.17) is 0 Å². The fourth-order valence-corrected chi connectivity index (χ4v) is 2.30. The lowest BCUT2D eigenvalue weighted by atomic mass is 10.1. The van der Waals surface area contributed by atoms with E-state index in [9.17, 15) is 4.79 Å². The van der Waals surface area contributed by atoms with E-state index in [0.29, 0.717) is 6.42 Å². The van der Waals surface area contributed by atoms with E-state index in [1.807, 2.05) is 24.3 Å². The highest BCUT2D eigenvalue weighted by molar-refractivity contribution is 9.10. The van der Waals surface area contributed by atoms with Crippen LogP contribution >= 0.6 is 15.9 Å². The quantitative estimate of drug-likeness (QED) is 0.644. The summed E-state index contributed by atoms with van der Waals surface area (Å²) in [5.41, 5.74) is 0.803. The fourth-order valence-electron chi connectivity index (χ4n) is 2.03. The molecular formula is C16H25BrN2O. The van der Waals surface area contributed by atoms with Crippen LogP contribution in [0.3, 0.4) is 0 Å². The van der Waals surface area contributed by atoms with E-state index in [1.54, 1.807) is 0 Å². The molecule has 4 heteroatoms. The number of nitrogens with zero attached hydrogens (tertiary/aromatic N) is 2. The maximum Gasteiger partial charge on any atom is 0.164 e. The van der Waals surface area contributed by atoms with Gasteiger partial charge in [-0.2, -0.15) is 0 Å². The Morgan fingerprint density at radius 1 is 1.05 bits per heavy atom. The van der Waals surface area contributed by atoms with Crippen molar-refractivity contribution in [2.45, 2.75) is 19.8 Å². The van der Waals surface area contributed by atoms with Crippen molar-refractivity contribution in [3.63, 3.8) is 0 Å². The maximum absolute atomic E-state index is 12.2. The van der Waals surface area contributed by atoms with E-state index in [2.05, 4.69) is 46.7 Å². The molecule has 0 spiro atoms. The monoisotopic (exact) mass is 340 g/mol. The Kier molecular flexibility index (Phi) is 8.04. The Bertz CT molecular complexity index is 403. The van der Waals surface area contributed by atoms with Crippen molar-refractivity contribution >= 4 is 21.7 Å². The first kappa shape index (κ1) is 17.3. The van der Waals surface area contributed by atoms with Crippen LogP contribution in [0, 0.1) is 0 Å². The Hall–Kier alpha value is -0.710. The molecule has 0 amide bonds. The van der Waals surface area contributed by atoms with Crippen molar-refractivity contribution in [3.05, 3.63) is 34.3 Å². The first-order valence-corrected chi connectivity index (χ1v) is 7.98. The lowest BCUT2D eigenvalue weighted by Crippen LogP contribution is -2.34. The van der Waals surface area contributed by atoms with Crippen molar-refractivity contribution < 1.29 is 4.79 Å². The van der Waals surface area contributed by atoms with Gasteiger partial charge in [0.2, 0.25) is 0 Å². The Morgan fingerprint density at radius 3 is 2.25 bits per heavy atom. The molecule has 1 aromatic carbocycles. The zero-order chi connectivity index (χ0) is 15.0. The SMILES string of the molecule is CCCN(CCC(=O)c1ccc(Br)cc1)CCN(C)C. The molecule has 0 heterocycles. The summed E-state index contributed by atoms with van der Waals surface area (Å²) in [5.74, 6) is 0.225. The first-order valence-electron chi connectivity index (χ1n) is 7.18. The summed E-state index contributed by atoms with van der Waals surface area (Å²) >= 11 is 3.39. The minimum atomic E-state index is 0.225. The van der Waals surface area contributed by atoms with Crippen LogP contribution in [-0.4, -0.2) is 55.9 Å². The lowest BCUT2D eigenvalue weighted by Gasteiger charge is -2.23. The third kappa shape index (κ3) is 6.64. The highest BCUT2D eigenvalue weighted by Crippen LogP contribution is 2.12. The van der Waals surface area contributed by atoms with Gasteiger partial charge in [-0.1, -0.05) is 35.0 Å². The van der Waals surface area contributed by atoms with Crippen LogP contribution in [0.5, 0.6) is 0 Å². The van der Waals surface area contributed by atoms with Crippen LogP contribution in [0.25, 0.3) is 0 Å². The van der Waals surface area contributed by atoms with Gasteiger partial charge in [0.25, 0.3) is 0 Å². The summed E-state index contributed by atoms with van der Waals surface area (Å²) in [4.78, 5) is 16.7. The summed E-state index contributed by atoms with van der Waals surface area (Å²) in [7, 11) is 4.16. The molecule has 0 N–H and O–H groups in total. The highest BCUT2D eigenvalue weighted by Gasteiger charge is 2.10. The van der Waals surface area contributed by atoms with Crippen LogP contribution in [0.15, 0.2) is 28.7 Å². The van der Waals surface area contributed by atoms with Gasteiger partial charge in [0, 0.05) is 36.1 Å². The second-order valence-corrected chi connectivity index (χ2v) is 6.24. The van der Waals surface area contributed by atoms with Crippen LogP contribution < -0.4 is 0 Å². The molecule has 3 nitrogen and oxygen atoms in total. The van der Waals surface area contributed by atoms with Crippen LogP contribution in [-0.2, 0) is 0 Å². The minimum Gasteiger partial charge on any atom is -0.308 e. The molecule has 112 valence electrons. The molecule has 0 fully saturated rings. The molecule has 20 heavy (non-hydrogen) atoms. The fraction of sp³-hybridized carbons (Fsp3) is 0.562. The predicted molar refractivity (Wildman–Crippen MR) is 88.4 cm³/mol. The number of benzene rings is 1. The molecule has 0 radical (unpaired) electrons. The number of hydrogen-bond donors (Lipinski definition) is 0. The number of Topliss-reactive ketones (excluding diaryl/α,β-unsaturated/α-hetero) is 1. The Balaban J connectivity index is 2.45. The van der Waals surface area contributed by atoms with Gasteiger partial charge >= 0.3 is 0 Å². The predicted octanol–water partition coefficient (Wildman–Crippen LogP) is 3.30. The number of likely N-dealkylation sites (N-methyl/N-ethyl adjacent to an activating group) is 1. The molecule has 0 atom stereocenters. The molecule has 1 rings (SSSR count). The van der Waals surface area contributed by atoms with Crippen molar-refractivity contribution in [3.8, 4) is 0 Å². The van der Waals surface area contributed by atoms with E-state index < -0.39 is 0 Å². The van der Waals surface area contributed by atoms with Gasteiger partial charge in [-0.05, 0) is 39.2 Å². The standard InChI is InChI=1S/C16H25BrN2O/c1-4-10-19(13-12-18(2)3)11-9-16(20)14-5-7-15(17)8-6-14/h5-8H,4,9-13H2,1-3H3. The number of halogens is 1. The molecular weight excluding hydrogens is 316 g/mol. The van der Waals surface area contributed by atoms with Gasteiger partial charge in [-0.25, -0.2) is 0 Å². The molecule has 0 saturated carbocycles. The normalized spacial score (nSPS) is 11.3. The topological polar surface area (TPSA) is 23.6 Å². The summed E-state index contributed by atoms with van der Waals surface area (Å²) in [5, 5.41) is 0. The van der Waals surface area contributed by atoms with Crippen molar-refractivity contribution in [1.82, 2.24) is 9.80 Å². The molecule has 0 bridgehead atoms. The summed E-state index contributed by atoms with van der Waals surface area (Å²) in [6, 6.07) is 7.61. The van der Waals surface area contributed by atoms with Gasteiger partial charge in [-0.15, -0.1) is 0 Å². The number of rotatable bonds is 9. The Labute approximate surface area is 131 Å². The first-order chi connectivity index (χ1) is 9.52. The van der Waals surface area contributed by atoms with E-state index in [-0.39, 0.29) is 5.78 Å². The van der Waals surface area contributed by atoms with Crippen LogP contribution in [0.2, 0.25) is 0 Å². The lowest BCUT2D eigenvalue weighted by molar-refractivity contribution is 0.0962. The molecule has 0 unspecified atom stereocenters. The summed E-state index contributed by atoms with van der Waals surface area (Å²) in [6.07, 6.45) is 1.72. The average Bonchev–Trinajstić information content (AvgIpc) is 2.42. The summed E-state index contributed by atoms with van der Waals surface area (Å²) in [6.45, 7) is 6.14. The largest absolute Gasteiger partial charge is 0.308 e. The maximum atomic E-state index is 12.2. The van der Waals surface area contributed by atoms with Gasteiger partial charge in [-0.3, -0.25) is 4.79 Å².